The number of nitrogens with zero attached hydrogens (tertiary/aromatic N) is 4. The third kappa shape index (κ3) is 4.20. The first-order chi connectivity index (χ1) is 15.7. The zero-order valence-electron chi connectivity index (χ0n) is 18.2. The molecule has 10 heteroatoms. The third-order valence-corrected chi connectivity index (χ3v) is 5.97. The summed E-state index contributed by atoms with van der Waals surface area (Å²) in [5, 5.41) is 11.9. The predicted octanol–water partition coefficient (Wildman–Crippen LogP) is 2.95. The number of aryl methyl sites for hydroxylation is 1. The van der Waals surface area contributed by atoms with Gasteiger partial charge in [0, 0.05) is 38.6 Å². The summed E-state index contributed by atoms with van der Waals surface area (Å²) in [6.45, 7) is 4.86. The van der Waals surface area contributed by atoms with Crippen LogP contribution in [0.2, 0.25) is 0 Å². The van der Waals surface area contributed by atoms with Crippen molar-refractivity contribution in [3.8, 4) is 11.5 Å². The smallest absolute Gasteiger partial charge is 0.275 e. The van der Waals surface area contributed by atoms with Crippen molar-refractivity contribution in [3.63, 3.8) is 0 Å². The number of carbonyl (C=O) groups excluding carboxylic acids is 1. The van der Waals surface area contributed by atoms with Crippen LogP contribution in [-0.2, 0) is 16.0 Å². The van der Waals surface area contributed by atoms with Crippen LogP contribution in [0.3, 0.4) is 0 Å². The van der Waals surface area contributed by atoms with Gasteiger partial charge in [-0.05, 0) is 39.0 Å². The van der Waals surface area contributed by atoms with E-state index in [2.05, 4.69) is 25.7 Å². The average Bonchev–Trinajstić information content (AvgIpc) is 3.48. The van der Waals surface area contributed by atoms with Crippen LogP contribution in [0.15, 0.2) is 23.1 Å². The van der Waals surface area contributed by atoms with E-state index in [9.17, 15) is 4.79 Å². The maximum atomic E-state index is 12.6. The molecule has 2 N–H and O–H groups in total. The Labute approximate surface area is 185 Å². The van der Waals surface area contributed by atoms with E-state index in [1.54, 1.807) is 6.20 Å². The fourth-order valence-corrected chi connectivity index (χ4v) is 4.20. The highest BCUT2D eigenvalue weighted by atomic mass is 16.5. The first kappa shape index (κ1) is 20.9. The van der Waals surface area contributed by atoms with Crippen LogP contribution >= 0.6 is 0 Å². The second-order valence-corrected chi connectivity index (χ2v) is 8.14. The molecule has 170 valence electrons. The fraction of sp³-hybridized carbons (Fsp3) is 0.545. The van der Waals surface area contributed by atoms with E-state index >= 15 is 0 Å². The van der Waals surface area contributed by atoms with E-state index in [1.165, 1.54) is 6.26 Å². The van der Waals surface area contributed by atoms with Gasteiger partial charge in [-0.1, -0.05) is 0 Å². The van der Waals surface area contributed by atoms with Gasteiger partial charge in [0.1, 0.15) is 12.5 Å². The predicted molar refractivity (Wildman–Crippen MR) is 117 cm³/mol. The van der Waals surface area contributed by atoms with Gasteiger partial charge in [-0.15, -0.1) is 0 Å². The molecule has 2 saturated heterocycles. The molecule has 0 spiro atoms. The molecule has 0 aromatic carbocycles. The van der Waals surface area contributed by atoms with Crippen molar-refractivity contribution in [3.05, 3.63) is 24.4 Å². The number of fused-ring (bicyclic) bond motifs is 1. The van der Waals surface area contributed by atoms with Gasteiger partial charge in [-0.2, -0.15) is 5.10 Å². The molecule has 3 aromatic rings. The Bertz CT molecular complexity index is 1080. The van der Waals surface area contributed by atoms with E-state index in [1.807, 2.05) is 17.8 Å². The van der Waals surface area contributed by atoms with Crippen LogP contribution in [-0.4, -0.2) is 57.7 Å². The number of hydrogen-bond acceptors (Lipinski definition) is 8. The van der Waals surface area contributed by atoms with Crippen LogP contribution in [0.4, 0.5) is 5.69 Å². The monoisotopic (exact) mass is 440 g/mol. The summed E-state index contributed by atoms with van der Waals surface area (Å²) >= 11 is 0. The van der Waals surface area contributed by atoms with Crippen LogP contribution in [0.5, 0.6) is 0 Å². The van der Waals surface area contributed by atoms with E-state index in [-0.39, 0.29) is 23.9 Å². The molecule has 2 aliphatic rings. The molecule has 0 radical (unpaired) electrons. The van der Waals surface area contributed by atoms with Crippen molar-refractivity contribution in [1.29, 1.82) is 0 Å². The number of amides is 1. The zero-order valence-corrected chi connectivity index (χ0v) is 18.2. The summed E-state index contributed by atoms with van der Waals surface area (Å²) in [6.07, 6.45) is 9.32. The van der Waals surface area contributed by atoms with Crippen LogP contribution < -0.4 is 10.6 Å². The Kier molecular flexibility index (Phi) is 6.04. The van der Waals surface area contributed by atoms with E-state index in [0.717, 1.165) is 68.6 Å². The summed E-state index contributed by atoms with van der Waals surface area (Å²) in [7, 11) is 0. The normalized spacial score (nSPS) is 19.8. The lowest BCUT2D eigenvalue weighted by atomic mass is 10.1. The van der Waals surface area contributed by atoms with Crippen LogP contribution in [0.1, 0.15) is 49.5 Å². The third-order valence-electron chi connectivity index (χ3n) is 5.97. The van der Waals surface area contributed by atoms with Crippen LogP contribution in [0.25, 0.3) is 22.5 Å². The highest BCUT2D eigenvalue weighted by Gasteiger charge is 2.24. The van der Waals surface area contributed by atoms with Crippen LogP contribution in [0, 0.1) is 0 Å². The lowest BCUT2D eigenvalue weighted by Crippen LogP contribution is -2.39. The Morgan fingerprint density at radius 2 is 2.06 bits per heavy atom. The minimum atomic E-state index is -0.307. The topological polar surface area (TPSA) is 116 Å². The first-order valence-corrected chi connectivity index (χ1v) is 11.3. The largest absolute Gasteiger partial charge is 0.443 e. The van der Waals surface area contributed by atoms with Gasteiger partial charge >= 0.3 is 0 Å². The summed E-state index contributed by atoms with van der Waals surface area (Å²) in [5.41, 5.74) is 2.58. The van der Waals surface area contributed by atoms with Crippen molar-refractivity contribution in [1.82, 2.24) is 25.1 Å². The molecule has 1 atom stereocenters. The molecule has 1 amide bonds. The van der Waals surface area contributed by atoms with Crippen molar-refractivity contribution in [2.45, 2.75) is 57.8 Å². The second kappa shape index (κ2) is 9.25. The lowest BCUT2D eigenvalue weighted by Gasteiger charge is -2.25. The summed E-state index contributed by atoms with van der Waals surface area (Å²) in [6, 6.07) is 0.263. The van der Waals surface area contributed by atoms with Gasteiger partial charge in [-0.25, -0.2) is 14.6 Å². The summed E-state index contributed by atoms with van der Waals surface area (Å²) in [5.74, 6) is 0.0339. The molecule has 2 fully saturated rings. The number of anilines is 1. The highest BCUT2D eigenvalue weighted by molar-refractivity contribution is 5.97. The van der Waals surface area contributed by atoms with E-state index in [0.29, 0.717) is 18.1 Å². The Balaban J connectivity index is 1.45. The van der Waals surface area contributed by atoms with E-state index in [4.69, 9.17) is 13.9 Å². The average molecular weight is 441 g/mol. The Hall–Kier alpha value is -2.98. The Morgan fingerprint density at radius 3 is 2.84 bits per heavy atom. The summed E-state index contributed by atoms with van der Waals surface area (Å²) < 4.78 is 18.7. The molecule has 2 aliphatic heterocycles. The number of hydrogen-bond donors (Lipinski definition) is 2. The molecule has 5 rings (SSSR count). The van der Waals surface area contributed by atoms with Crippen molar-refractivity contribution in [2.24, 2.45) is 0 Å². The molecule has 10 nitrogen and oxygen atoms in total. The molecule has 0 aliphatic carbocycles. The number of pyridine rings is 1. The highest BCUT2D eigenvalue weighted by Crippen LogP contribution is 2.34. The van der Waals surface area contributed by atoms with Gasteiger partial charge < -0.3 is 24.5 Å². The van der Waals surface area contributed by atoms with Gasteiger partial charge in [-0.3, -0.25) is 4.79 Å². The molecule has 0 bridgehead atoms. The molecule has 0 saturated carbocycles. The fourth-order valence-electron chi connectivity index (χ4n) is 4.20. The number of rotatable bonds is 6. The van der Waals surface area contributed by atoms with Crippen molar-refractivity contribution < 1.29 is 18.7 Å². The number of ether oxygens (including phenoxy) is 2. The standard InChI is InChI=1S/C22H28N6O4/c1-2-28-20-15(12-24-28)19(25-14-6-9-30-10-7-14)16(11-23-20)22-26-17(13-32-22)21(29)27-18-5-3-4-8-31-18/h11-14,18H,2-10H2,1H3,(H,23,25)(H,27,29). The van der Waals surface area contributed by atoms with Gasteiger partial charge in [0.2, 0.25) is 5.89 Å². The molecule has 32 heavy (non-hydrogen) atoms. The maximum Gasteiger partial charge on any atom is 0.275 e. The van der Waals surface area contributed by atoms with Crippen molar-refractivity contribution in [2.75, 3.05) is 25.1 Å². The Morgan fingerprint density at radius 1 is 1.19 bits per heavy atom. The maximum absolute atomic E-state index is 12.6. The zero-order chi connectivity index (χ0) is 21.9. The first-order valence-electron chi connectivity index (χ1n) is 11.3. The molecule has 1 unspecified atom stereocenters. The minimum Gasteiger partial charge on any atom is -0.443 e. The SMILES string of the molecule is CCn1ncc2c(NC3CCOCC3)c(-c3nc(C(=O)NC4CCCCO4)co3)cnc21. The number of aromatic nitrogens is 4. The number of oxazole rings is 1. The summed E-state index contributed by atoms with van der Waals surface area (Å²) in [4.78, 5) is 21.7. The molecular weight excluding hydrogens is 412 g/mol. The van der Waals surface area contributed by atoms with Gasteiger partial charge in [0.25, 0.3) is 5.91 Å². The minimum absolute atomic E-state index is 0.218. The van der Waals surface area contributed by atoms with E-state index < -0.39 is 0 Å². The van der Waals surface area contributed by atoms with Gasteiger partial charge in [0.15, 0.2) is 11.3 Å². The molecular formula is C22H28N6O4. The van der Waals surface area contributed by atoms with Gasteiger partial charge in [0.05, 0.1) is 22.8 Å². The van der Waals surface area contributed by atoms with Crippen molar-refractivity contribution >= 4 is 22.6 Å². The molecule has 5 heterocycles. The lowest BCUT2D eigenvalue weighted by molar-refractivity contribution is -0.00278. The quantitative estimate of drug-likeness (QED) is 0.601. The number of nitrogens with one attached hydrogen (secondary N) is 2. The number of carbonyl (C=O) groups is 1. The molecule has 3 aromatic heterocycles. The second-order valence-electron chi connectivity index (χ2n) is 8.14.